The molecule has 0 aliphatic rings. The predicted molar refractivity (Wildman–Crippen MR) is 77.2 cm³/mol. The van der Waals surface area contributed by atoms with Crippen molar-refractivity contribution in [2.75, 3.05) is 20.2 Å². The molecule has 0 amide bonds. The number of halogens is 1. The maximum absolute atomic E-state index is 10.8. The minimum absolute atomic E-state index is 0.260. The van der Waals surface area contributed by atoms with Crippen molar-refractivity contribution in [2.24, 2.45) is 0 Å². The fraction of sp³-hybridized carbons (Fsp3) is 0.500. The van der Waals surface area contributed by atoms with Crippen LogP contribution >= 0.6 is 15.9 Å². The van der Waals surface area contributed by atoms with E-state index in [1.165, 1.54) is 5.56 Å². The number of carbonyl (C=O) groups excluding carboxylic acids is 1. The molecule has 1 aromatic rings. The van der Waals surface area contributed by atoms with Gasteiger partial charge in [-0.2, -0.15) is 0 Å². The molecular weight excluding hydrogens is 294 g/mol. The monoisotopic (exact) mass is 313 g/mol. The van der Waals surface area contributed by atoms with Crippen LogP contribution in [0.5, 0.6) is 5.75 Å². The average Bonchev–Trinajstić information content (AvgIpc) is 2.33. The van der Waals surface area contributed by atoms with E-state index in [0.717, 1.165) is 36.2 Å². The summed E-state index contributed by atoms with van der Waals surface area (Å²) in [5.74, 6) is 1.11. The molecular formula is C14H20BrNO2. The molecule has 0 bridgehead atoms. The van der Waals surface area contributed by atoms with Crippen molar-refractivity contribution in [1.82, 2.24) is 5.32 Å². The smallest absolute Gasteiger partial charge is 0.133 e. The molecule has 4 heteroatoms. The van der Waals surface area contributed by atoms with E-state index in [0.29, 0.717) is 6.42 Å². The van der Waals surface area contributed by atoms with Gasteiger partial charge in [0.2, 0.25) is 0 Å². The first kappa shape index (κ1) is 15.2. The Morgan fingerprint density at radius 2 is 2.17 bits per heavy atom. The van der Waals surface area contributed by atoms with Crippen molar-refractivity contribution in [3.63, 3.8) is 0 Å². The molecule has 3 nitrogen and oxygen atoms in total. The molecule has 0 heterocycles. The van der Waals surface area contributed by atoms with E-state index in [-0.39, 0.29) is 5.78 Å². The van der Waals surface area contributed by atoms with E-state index in [2.05, 4.69) is 33.4 Å². The van der Waals surface area contributed by atoms with Crippen molar-refractivity contribution in [3.05, 3.63) is 28.2 Å². The summed E-state index contributed by atoms with van der Waals surface area (Å²) in [4.78, 5) is 10.8. The third kappa shape index (κ3) is 5.65. The molecule has 0 atom stereocenters. The van der Waals surface area contributed by atoms with Crippen LogP contribution in [0.1, 0.15) is 25.3 Å². The molecule has 0 unspecified atom stereocenters. The summed E-state index contributed by atoms with van der Waals surface area (Å²) < 4.78 is 6.17. The summed E-state index contributed by atoms with van der Waals surface area (Å²) in [6.45, 7) is 3.46. The van der Waals surface area contributed by atoms with Gasteiger partial charge in [-0.05, 0) is 66.5 Å². The van der Waals surface area contributed by atoms with Gasteiger partial charge in [-0.1, -0.05) is 6.07 Å². The highest BCUT2D eigenvalue weighted by Crippen LogP contribution is 2.25. The molecule has 0 spiro atoms. The molecule has 0 aliphatic heterocycles. The van der Waals surface area contributed by atoms with Gasteiger partial charge in [0.25, 0.3) is 0 Å². The number of hydrogen-bond donors (Lipinski definition) is 1. The molecule has 0 aliphatic carbocycles. The number of benzene rings is 1. The van der Waals surface area contributed by atoms with Gasteiger partial charge < -0.3 is 14.8 Å². The molecule has 18 heavy (non-hydrogen) atoms. The molecule has 1 rings (SSSR count). The van der Waals surface area contributed by atoms with Crippen molar-refractivity contribution in [1.29, 1.82) is 0 Å². The lowest BCUT2D eigenvalue weighted by atomic mass is 10.1. The van der Waals surface area contributed by atoms with Gasteiger partial charge in [0.1, 0.15) is 11.5 Å². The van der Waals surface area contributed by atoms with Gasteiger partial charge in [-0.25, -0.2) is 0 Å². The summed E-state index contributed by atoms with van der Waals surface area (Å²) in [5.41, 5.74) is 1.27. The first-order chi connectivity index (χ1) is 8.63. The van der Waals surface area contributed by atoms with Gasteiger partial charge in [0.05, 0.1) is 11.6 Å². The van der Waals surface area contributed by atoms with E-state index in [4.69, 9.17) is 4.74 Å². The Balaban J connectivity index is 2.23. The Kier molecular flexibility index (Phi) is 6.98. The Morgan fingerprint density at radius 3 is 2.78 bits per heavy atom. The zero-order chi connectivity index (χ0) is 13.4. The van der Waals surface area contributed by atoms with Crippen LogP contribution in [0.4, 0.5) is 0 Å². The molecule has 0 fully saturated rings. The summed E-state index contributed by atoms with van der Waals surface area (Å²) in [7, 11) is 1.66. The first-order valence-electron chi connectivity index (χ1n) is 6.16. The number of hydrogen-bond acceptors (Lipinski definition) is 3. The second kappa shape index (κ2) is 8.27. The van der Waals surface area contributed by atoms with Crippen LogP contribution in [0.15, 0.2) is 22.7 Å². The van der Waals surface area contributed by atoms with Crippen LogP contribution in [-0.2, 0) is 11.2 Å². The average molecular weight is 314 g/mol. The summed E-state index contributed by atoms with van der Waals surface area (Å²) in [6, 6.07) is 6.12. The third-order valence-corrected chi connectivity index (χ3v) is 3.31. The molecule has 0 saturated heterocycles. The fourth-order valence-electron chi connectivity index (χ4n) is 1.69. The largest absolute Gasteiger partial charge is 0.496 e. The molecule has 1 N–H and O–H groups in total. The summed E-state index contributed by atoms with van der Waals surface area (Å²) in [6.07, 6.45) is 2.56. The van der Waals surface area contributed by atoms with E-state index in [1.807, 2.05) is 6.07 Å². The van der Waals surface area contributed by atoms with E-state index >= 15 is 0 Å². The third-order valence-electron chi connectivity index (χ3n) is 2.69. The Hall–Kier alpha value is -0.870. The van der Waals surface area contributed by atoms with Crippen molar-refractivity contribution < 1.29 is 9.53 Å². The van der Waals surface area contributed by atoms with Crippen molar-refractivity contribution >= 4 is 21.7 Å². The number of carbonyl (C=O) groups is 1. The van der Waals surface area contributed by atoms with Gasteiger partial charge in [-0.15, -0.1) is 0 Å². The highest BCUT2D eigenvalue weighted by molar-refractivity contribution is 9.10. The van der Waals surface area contributed by atoms with Gasteiger partial charge >= 0.3 is 0 Å². The van der Waals surface area contributed by atoms with Crippen molar-refractivity contribution in [3.8, 4) is 5.75 Å². The molecule has 100 valence electrons. The second-order valence-electron chi connectivity index (χ2n) is 4.27. The van der Waals surface area contributed by atoms with Gasteiger partial charge in [0.15, 0.2) is 0 Å². The molecule has 0 saturated carbocycles. The minimum atomic E-state index is 0.260. The lowest BCUT2D eigenvalue weighted by Gasteiger charge is -2.07. The number of ether oxygens (including phenoxy) is 1. The number of Topliss-reactive ketones (excluding diaryl/α,β-unsaturated/α-hetero) is 1. The van der Waals surface area contributed by atoms with Crippen LogP contribution in [-0.4, -0.2) is 26.0 Å². The SMILES string of the molecule is COc1ccc(CCNCCCC(C)=O)cc1Br. The number of ketones is 1. The van der Waals surface area contributed by atoms with Crippen LogP contribution in [0.3, 0.4) is 0 Å². The van der Waals surface area contributed by atoms with Crippen LogP contribution < -0.4 is 10.1 Å². The number of methoxy groups -OCH3 is 1. The fourth-order valence-corrected chi connectivity index (χ4v) is 2.27. The van der Waals surface area contributed by atoms with Crippen LogP contribution in [0.25, 0.3) is 0 Å². The van der Waals surface area contributed by atoms with E-state index in [9.17, 15) is 4.79 Å². The Morgan fingerprint density at radius 1 is 1.39 bits per heavy atom. The van der Waals surface area contributed by atoms with Gasteiger partial charge in [0, 0.05) is 6.42 Å². The Bertz CT molecular complexity index is 393. The second-order valence-corrected chi connectivity index (χ2v) is 5.13. The lowest BCUT2D eigenvalue weighted by molar-refractivity contribution is -0.117. The number of rotatable bonds is 8. The highest BCUT2D eigenvalue weighted by Gasteiger charge is 2.01. The summed E-state index contributed by atoms with van der Waals surface area (Å²) >= 11 is 3.47. The zero-order valence-corrected chi connectivity index (χ0v) is 12.5. The minimum Gasteiger partial charge on any atom is -0.496 e. The van der Waals surface area contributed by atoms with Crippen molar-refractivity contribution in [2.45, 2.75) is 26.2 Å². The maximum atomic E-state index is 10.8. The topological polar surface area (TPSA) is 38.3 Å². The molecule has 0 aromatic heterocycles. The molecule has 0 radical (unpaired) electrons. The predicted octanol–water partition coefficient (Wildman–Crippen LogP) is 2.96. The number of nitrogens with one attached hydrogen (secondary N) is 1. The van der Waals surface area contributed by atoms with Crippen LogP contribution in [0, 0.1) is 0 Å². The van der Waals surface area contributed by atoms with E-state index in [1.54, 1.807) is 14.0 Å². The Labute approximate surface area is 117 Å². The first-order valence-corrected chi connectivity index (χ1v) is 6.95. The highest BCUT2D eigenvalue weighted by atomic mass is 79.9. The maximum Gasteiger partial charge on any atom is 0.133 e. The van der Waals surface area contributed by atoms with E-state index < -0.39 is 0 Å². The van der Waals surface area contributed by atoms with Crippen LogP contribution in [0.2, 0.25) is 0 Å². The quantitative estimate of drug-likeness (QED) is 0.750. The normalized spacial score (nSPS) is 10.4. The van der Waals surface area contributed by atoms with Gasteiger partial charge in [-0.3, -0.25) is 0 Å². The lowest BCUT2D eigenvalue weighted by Crippen LogP contribution is -2.19. The zero-order valence-electron chi connectivity index (χ0n) is 11.0. The standard InChI is InChI=1S/C14H20BrNO2/c1-11(17)4-3-8-16-9-7-12-5-6-14(18-2)13(15)10-12/h5-6,10,16H,3-4,7-9H2,1-2H3. The summed E-state index contributed by atoms with van der Waals surface area (Å²) in [5, 5.41) is 3.34. The molecule has 1 aromatic carbocycles.